The molecule has 0 fully saturated rings. The molecule has 0 aromatic carbocycles. The second-order valence-corrected chi connectivity index (χ2v) is 9.69. The zero-order valence-corrected chi connectivity index (χ0v) is 20.2. The molecular formula is C21H29N7O4S. The van der Waals surface area contributed by atoms with Crippen molar-refractivity contribution < 1.29 is 17.9 Å². The molecule has 0 aliphatic heterocycles. The first-order chi connectivity index (χ1) is 15.8. The lowest BCUT2D eigenvalue weighted by Gasteiger charge is -2.23. The maximum Gasteiger partial charge on any atom is 0.240 e. The van der Waals surface area contributed by atoms with Crippen LogP contribution in [0.5, 0.6) is 0 Å². The summed E-state index contributed by atoms with van der Waals surface area (Å²) in [5.74, 6) is 0.0659. The van der Waals surface area contributed by atoms with Gasteiger partial charge in [-0.1, -0.05) is 6.92 Å². The SMILES string of the molecule is COCCC(OC)n1c(NS(=O)(=O)[C@@H](C)[C@H](C)c2cnc(C)cn2)nnc1-c1cccnc1. The molecule has 12 heteroatoms. The van der Waals surface area contributed by atoms with Crippen molar-refractivity contribution in [2.24, 2.45) is 0 Å². The first-order valence-corrected chi connectivity index (χ1v) is 12.0. The molecule has 0 amide bonds. The standard InChI is InChI=1S/C21H29N7O4S/c1-14-11-24-18(13-23-14)15(2)16(3)33(29,30)27-21-26-25-20(17-7-6-9-22-12-17)28(21)19(32-5)8-10-31-4/h6-7,9,11-13,15-16,19H,8,10H2,1-5H3,(H,26,27)/t15-,16-,19?/m0/s1. The van der Waals surface area contributed by atoms with Gasteiger partial charge in [-0.15, -0.1) is 10.2 Å². The van der Waals surface area contributed by atoms with Crippen LogP contribution < -0.4 is 4.72 Å². The molecular weight excluding hydrogens is 446 g/mol. The highest BCUT2D eigenvalue weighted by Crippen LogP contribution is 2.29. The van der Waals surface area contributed by atoms with Crippen molar-refractivity contribution in [3.8, 4) is 11.4 Å². The summed E-state index contributed by atoms with van der Waals surface area (Å²) in [5, 5.41) is 7.53. The Morgan fingerprint density at radius 2 is 1.91 bits per heavy atom. The highest BCUT2D eigenvalue weighted by atomic mass is 32.2. The number of methoxy groups -OCH3 is 2. The molecule has 3 heterocycles. The Morgan fingerprint density at radius 3 is 2.52 bits per heavy atom. The van der Waals surface area contributed by atoms with Crippen molar-refractivity contribution >= 4 is 16.0 Å². The molecule has 0 radical (unpaired) electrons. The lowest BCUT2D eigenvalue weighted by Crippen LogP contribution is -2.32. The van der Waals surface area contributed by atoms with Crippen LogP contribution in [0.3, 0.4) is 0 Å². The topological polar surface area (TPSA) is 134 Å². The summed E-state index contributed by atoms with van der Waals surface area (Å²) in [6, 6.07) is 3.58. The van der Waals surface area contributed by atoms with Gasteiger partial charge in [0.05, 0.1) is 23.2 Å². The van der Waals surface area contributed by atoms with E-state index in [9.17, 15) is 8.42 Å². The van der Waals surface area contributed by atoms with Crippen molar-refractivity contribution in [1.29, 1.82) is 0 Å². The van der Waals surface area contributed by atoms with E-state index in [4.69, 9.17) is 9.47 Å². The van der Waals surface area contributed by atoms with Crippen LogP contribution in [0.4, 0.5) is 5.95 Å². The maximum atomic E-state index is 13.3. The minimum atomic E-state index is -3.87. The van der Waals surface area contributed by atoms with Crippen molar-refractivity contribution in [3.63, 3.8) is 0 Å². The summed E-state index contributed by atoms with van der Waals surface area (Å²) in [7, 11) is -0.749. The van der Waals surface area contributed by atoms with Gasteiger partial charge in [0.15, 0.2) is 5.82 Å². The number of aromatic nitrogens is 6. The fraction of sp³-hybridized carbons (Fsp3) is 0.476. The van der Waals surface area contributed by atoms with E-state index in [1.807, 2.05) is 13.0 Å². The Morgan fingerprint density at radius 1 is 1.12 bits per heavy atom. The molecule has 0 saturated carbocycles. The summed E-state index contributed by atoms with van der Waals surface area (Å²) >= 11 is 0. The van der Waals surface area contributed by atoms with Gasteiger partial charge in [0.25, 0.3) is 0 Å². The Labute approximate surface area is 193 Å². The molecule has 3 atom stereocenters. The van der Waals surface area contributed by atoms with Gasteiger partial charge >= 0.3 is 0 Å². The van der Waals surface area contributed by atoms with Gasteiger partial charge in [-0.05, 0) is 26.0 Å². The van der Waals surface area contributed by atoms with Crippen LogP contribution in [-0.4, -0.2) is 64.2 Å². The molecule has 0 spiro atoms. The fourth-order valence-corrected chi connectivity index (χ4v) is 4.52. The Kier molecular flexibility index (Phi) is 8.06. The number of anilines is 1. The Balaban J connectivity index is 1.96. The van der Waals surface area contributed by atoms with Gasteiger partial charge in [-0.3, -0.25) is 24.2 Å². The number of nitrogens with zero attached hydrogens (tertiary/aromatic N) is 6. The normalized spacial score (nSPS) is 14.6. The first-order valence-electron chi connectivity index (χ1n) is 10.5. The number of nitrogens with one attached hydrogen (secondary N) is 1. The maximum absolute atomic E-state index is 13.3. The lowest BCUT2D eigenvalue weighted by molar-refractivity contribution is 0.0189. The summed E-state index contributed by atoms with van der Waals surface area (Å²) in [4.78, 5) is 12.7. The number of hydrogen-bond donors (Lipinski definition) is 1. The van der Waals surface area contributed by atoms with E-state index in [-0.39, 0.29) is 5.95 Å². The number of ether oxygens (including phenoxy) is 2. The largest absolute Gasteiger partial charge is 0.385 e. The molecule has 0 aliphatic carbocycles. The van der Waals surface area contributed by atoms with Gasteiger partial charge in [-0.25, -0.2) is 8.42 Å². The minimum absolute atomic E-state index is 0.0471. The third-order valence-corrected chi connectivity index (χ3v) is 7.29. The average molecular weight is 476 g/mol. The smallest absolute Gasteiger partial charge is 0.240 e. The number of rotatable bonds is 11. The molecule has 0 bridgehead atoms. The Bertz CT molecular complexity index is 1140. The third kappa shape index (κ3) is 5.70. The lowest BCUT2D eigenvalue weighted by atomic mass is 10.1. The summed E-state index contributed by atoms with van der Waals surface area (Å²) in [5.41, 5.74) is 2.02. The van der Waals surface area contributed by atoms with E-state index < -0.39 is 27.4 Å². The predicted molar refractivity (Wildman–Crippen MR) is 123 cm³/mol. The molecule has 3 rings (SSSR count). The molecule has 1 N–H and O–H groups in total. The highest BCUT2D eigenvalue weighted by Gasteiger charge is 2.32. The van der Waals surface area contributed by atoms with E-state index in [1.165, 1.54) is 7.11 Å². The first kappa shape index (κ1) is 24.7. The zero-order chi connectivity index (χ0) is 24.0. The molecule has 1 unspecified atom stereocenters. The molecule has 0 saturated heterocycles. The van der Waals surface area contributed by atoms with Gasteiger partial charge < -0.3 is 9.47 Å². The van der Waals surface area contributed by atoms with Crippen molar-refractivity contribution in [1.82, 2.24) is 29.7 Å². The van der Waals surface area contributed by atoms with E-state index >= 15 is 0 Å². The average Bonchev–Trinajstić information content (AvgIpc) is 3.22. The van der Waals surface area contributed by atoms with Crippen LogP contribution in [0.2, 0.25) is 0 Å². The summed E-state index contributed by atoms with van der Waals surface area (Å²) in [6.07, 6.45) is 6.38. The van der Waals surface area contributed by atoms with Gasteiger partial charge in [-0.2, -0.15) is 0 Å². The Hall–Kier alpha value is -2.96. The van der Waals surface area contributed by atoms with Crippen LogP contribution in [0.25, 0.3) is 11.4 Å². The van der Waals surface area contributed by atoms with Crippen molar-refractivity contribution in [3.05, 3.63) is 48.3 Å². The van der Waals surface area contributed by atoms with E-state index in [2.05, 4.69) is 29.9 Å². The predicted octanol–water partition coefficient (Wildman–Crippen LogP) is 2.55. The highest BCUT2D eigenvalue weighted by molar-refractivity contribution is 7.93. The number of sulfonamides is 1. The third-order valence-electron chi connectivity index (χ3n) is 5.44. The molecule has 11 nitrogen and oxygen atoms in total. The monoisotopic (exact) mass is 475 g/mol. The number of pyridine rings is 1. The minimum Gasteiger partial charge on any atom is -0.385 e. The zero-order valence-electron chi connectivity index (χ0n) is 19.3. The molecule has 178 valence electrons. The van der Waals surface area contributed by atoms with Gasteiger partial charge in [0, 0.05) is 56.9 Å². The quantitative estimate of drug-likeness (QED) is 0.444. The molecule has 0 aliphatic rings. The fourth-order valence-electron chi connectivity index (χ4n) is 3.26. The second kappa shape index (κ2) is 10.8. The van der Waals surface area contributed by atoms with Crippen molar-refractivity contribution in [2.45, 2.75) is 44.6 Å². The van der Waals surface area contributed by atoms with E-state index in [1.54, 1.807) is 56.4 Å². The second-order valence-electron chi connectivity index (χ2n) is 7.65. The number of aryl methyl sites for hydroxylation is 1. The van der Waals surface area contributed by atoms with Crippen LogP contribution in [0, 0.1) is 6.92 Å². The van der Waals surface area contributed by atoms with Gasteiger partial charge in [0.2, 0.25) is 16.0 Å². The van der Waals surface area contributed by atoms with Crippen LogP contribution in [0.15, 0.2) is 36.9 Å². The summed E-state index contributed by atoms with van der Waals surface area (Å²) in [6.45, 7) is 5.64. The van der Waals surface area contributed by atoms with Crippen LogP contribution in [0.1, 0.15) is 43.8 Å². The molecule has 3 aromatic heterocycles. The molecule has 33 heavy (non-hydrogen) atoms. The van der Waals surface area contributed by atoms with E-state index in [0.29, 0.717) is 30.1 Å². The van der Waals surface area contributed by atoms with Crippen LogP contribution >= 0.6 is 0 Å². The summed E-state index contributed by atoms with van der Waals surface area (Å²) < 4.78 is 41.6. The van der Waals surface area contributed by atoms with Crippen molar-refractivity contribution in [2.75, 3.05) is 25.5 Å². The van der Waals surface area contributed by atoms with E-state index in [0.717, 1.165) is 5.69 Å². The van der Waals surface area contributed by atoms with Gasteiger partial charge in [0.1, 0.15) is 6.23 Å². The van der Waals surface area contributed by atoms with Crippen LogP contribution in [-0.2, 0) is 19.5 Å². The molecule has 3 aromatic rings. The number of hydrogen-bond acceptors (Lipinski definition) is 9.